The number of hydrogen-bond donors (Lipinski definition) is 0. The maximum atomic E-state index is 11.3. The molecule has 0 amide bonds. The van der Waals surface area contributed by atoms with Crippen LogP contribution >= 0.6 is 11.6 Å². The minimum atomic E-state index is -0.320. The molecule has 5 heteroatoms. The third kappa shape index (κ3) is 2.07. The third-order valence-electron chi connectivity index (χ3n) is 2.17. The van der Waals surface area contributed by atoms with E-state index in [1.165, 1.54) is 4.57 Å². The molecule has 1 aromatic heterocycles. The Hall–Kier alpha value is -1.03. The Labute approximate surface area is 88.1 Å². The largest absolute Gasteiger partial charge is 0.358 e. The van der Waals surface area contributed by atoms with E-state index in [2.05, 4.69) is 9.88 Å². The van der Waals surface area contributed by atoms with Crippen molar-refractivity contribution in [2.45, 2.75) is 13.8 Å². The fourth-order valence-electron chi connectivity index (χ4n) is 1.35. The molecule has 1 rings (SSSR count). The van der Waals surface area contributed by atoms with Gasteiger partial charge < -0.3 is 4.90 Å². The SMILES string of the molecule is CCN(CC)c1cc(Cl)nc(=O)n1C. The molecule has 0 spiro atoms. The van der Waals surface area contributed by atoms with Gasteiger partial charge >= 0.3 is 5.69 Å². The average molecular weight is 216 g/mol. The maximum absolute atomic E-state index is 11.3. The lowest BCUT2D eigenvalue weighted by Gasteiger charge is -2.22. The molecule has 78 valence electrons. The van der Waals surface area contributed by atoms with E-state index in [9.17, 15) is 4.79 Å². The standard InChI is InChI=1S/C9H14ClN3O/c1-4-13(5-2)8-6-7(10)11-9(14)12(8)3/h6H,4-5H2,1-3H3. The van der Waals surface area contributed by atoms with Crippen LogP contribution in [0.2, 0.25) is 5.15 Å². The van der Waals surface area contributed by atoms with Crippen molar-refractivity contribution >= 4 is 17.4 Å². The highest BCUT2D eigenvalue weighted by molar-refractivity contribution is 6.29. The summed E-state index contributed by atoms with van der Waals surface area (Å²) in [5.74, 6) is 0.806. The fraction of sp³-hybridized carbons (Fsp3) is 0.556. The molecule has 0 N–H and O–H groups in total. The quantitative estimate of drug-likeness (QED) is 0.713. The van der Waals surface area contributed by atoms with Crippen molar-refractivity contribution in [2.24, 2.45) is 7.05 Å². The van der Waals surface area contributed by atoms with Crippen LogP contribution in [0, 0.1) is 0 Å². The third-order valence-corrected chi connectivity index (χ3v) is 2.36. The van der Waals surface area contributed by atoms with E-state index in [4.69, 9.17) is 11.6 Å². The molecule has 0 atom stereocenters. The van der Waals surface area contributed by atoms with E-state index in [0.717, 1.165) is 18.9 Å². The van der Waals surface area contributed by atoms with Crippen molar-refractivity contribution in [1.82, 2.24) is 9.55 Å². The number of hydrogen-bond acceptors (Lipinski definition) is 3. The van der Waals surface area contributed by atoms with E-state index in [-0.39, 0.29) is 10.8 Å². The molecule has 14 heavy (non-hydrogen) atoms. The summed E-state index contributed by atoms with van der Waals surface area (Å²) < 4.78 is 1.50. The Morgan fingerprint density at radius 2 is 2.07 bits per heavy atom. The molecule has 0 radical (unpaired) electrons. The van der Waals surface area contributed by atoms with E-state index >= 15 is 0 Å². The Bertz CT molecular complexity index is 371. The second-order valence-electron chi connectivity index (χ2n) is 2.95. The highest BCUT2D eigenvalue weighted by Gasteiger charge is 2.08. The lowest BCUT2D eigenvalue weighted by Crippen LogP contribution is -2.31. The highest BCUT2D eigenvalue weighted by atomic mass is 35.5. The number of anilines is 1. The summed E-state index contributed by atoms with van der Waals surface area (Å²) in [6, 6.07) is 1.70. The van der Waals surface area contributed by atoms with Crippen LogP contribution in [0.4, 0.5) is 5.82 Å². The van der Waals surface area contributed by atoms with Gasteiger partial charge in [-0.2, -0.15) is 4.98 Å². The van der Waals surface area contributed by atoms with Gasteiger partial charge in [0.1, 0.15) is 11.0 Å². The first-order chi connectivity index (χ1) is 6.60. The van der Waals surface area contributed by atoms with Crippen molar-refractivity contribution < 1.29 is 0 Å². The minimum Gasteiger partial charge on any atom is -0.358 e. The predicted octanol–water partition coefficient (Wildman–Crippen LogP) is 1.28. The van der Waals surface area contributed by atoms with Crippen molar-refractivity contribution in [3.05, 3.63) is 21.7 Å². The second kappa shape index (κ2) is 4.46. The lowest BCUT2D eigenvalue weighted by molar-refractivity contribution is 0.742. The second-order valence-corrected chi connectivity index (χ2v) is 3.34. The minimum absolute atomic E-state index is 0.245. The molecule has 1 heterocycles. The normalized spacial score (nSPS) is 10.3. The predicted molar refractivity (Wildman–Crippen MR) is 58.0 cm³/mol. The number of rotatable bonds is 3. The van der Waals surface area contributed by atoms with Crippen LogP contribution in [-0.4, -0.2) is 22.6 Å². The van der Waals surface area contributed by atoms with Gasteiger partial charge in [-0.15, -0.1) is 0 Å². The van der Waals surface area contributed by atoms with Gasteiger partial charge in [0.05, 0.1) is 0 Å². The lowest BCUT2D eigenvalue weighted by atomic mass is 10.4. The van der Waals surface area contributed by atoms with Crippen LogP contribution in [0.25, 0.3) is 0 Å². The van der Waals surface area contributed by atoms with E-state index < -0.39 is 0 Å². The number of halogens is 1. The van der Waals surface area contributed by atoms with Crippen LogP contribution in [0.5, 0.6) is 0 Å². The van der Waals surface area contributed by atoms with Crippen LogP contribution in [0.15, 0.2) is 10.9 Å². The van der Waals surface area contributed by atoms with Gasteiger partial charge in [-0.1, -0.05) is 11.6 Å². The van der Waals surface area contributed by atoms with Gasteiger partial charge in [0.2, 0.25) is 0 Å². The van der Waals surface area contributed by atoms with Gasteiger partial charge in [0, 0.05) is 26.2 Å². The zero-order valence-electron chi connectivity index (χ0n) is 8.62. The molecule has 0 saturated carbocycles. The van der Waals surface area contributed by atoms with Crippen LogP contribution in [-0.2, 0) is 7.05 Å². The molecule has 0 aliphatic heterocycles. The van der Waals surface area contributed by atoms with Gasteiger partial charge in [-0.05, 0) is 13.8 Å². The molecule has 0 aliphatic rings. The molecule has 0 saturated heterocycles. The summed E-state index contributed by atoms with van der Waals surface area (Å²) in [4.78, 5) is 17.0. The first-order valence-electron chi connectivity index (χ1n) is 4.58. The van der Waals surface area contributed by atoms with Gasteiger partial charge in [0.25, 0.3) is 0 Å². The summed E-state index contributed by atoms with van der Waals surface area (Å²) >= 11 is 5.73. The van der Waals surface area contributed by atoms with E-state index in [1.807, 2.05) is 13.8 Å². The molecule has 0 fully saturated rings. The topological polar surface area (TPSA) is 38.1 Å². The zero-order chi connectivity index (χ0) is 10.7. The monoisotopic (exact) mass is 215 g/mol. The van der Waals surface area contributed by atoms with Crippen molar-refractivity contribution in [3.63, 3.8) is 0 Å². The Morgan fingerprint density at radius 3 is 2.57 bits per heavy atom. The summed E-state index contributed by atoms with van der Waals surface area (Å²) in [6.07, 6.45) is 0. The molecular formula is C9H14ClN3O. The average Bonchev–Trinajstić information content (AvgIpc) is 2.15. The van der Waals surface area contributed by atoms with Gasteiger partial charge in [-0.25, -0.2) is 4.79 Å². The van der Waals surface area contributed by atoms with Crippen molar-refractivity contribution in [2.75, 3.05) is 18.0 Å². The Morgan fingerprint density at radius 1 is 1.50 bits per heavy atom. The van der Waals surface area contributed by atoms with Crippen LogP contribution < -0.4 is 10.6 Å². The Kier molecular flexibility index (Phi) is 3.52. The smallest absolute Gasteiger partial charge is 0.350 e. The molecular weight excluding hydrogens is 202 g/mol. The first-order valence-corrected chi connectivity index (χ1v) is 4.96. The van der Waals surface area contributed by atoms with E-state index in [0.29, 0.717) is 0 Å². The molecule has 0 bridgehead atoms. The van der Waals surface area contributed by atoms with Crippen molar-refractivity contribution in [3.8, 4) is 0 Å². The van der Waals surface area contributed by atoms with E-state index in [1.54, 1.807) is 13.1 Å². The van der Waals surface area contributed by atoms with Gasteiger partial charge in [-0.3, -0.25) is 4.57 Å². The first kappa shape index (κ1) is 11.0. The fourth-order valence-corrected chi connectivity index (χ4v) is 1.52. The summed E-state index contributed by atoms with van der Waals surface area (Å²) in [6.45, 7) is 5.73. The maximum Gasteiger partial charge on any atom is 0.350 e. The van der Waals surface area contributed by atoms with Crippen LogP contribution in [0.3, 0.4) is 0 Å². The molecule has 0 aliphatic carbocycles. The van der Waals surface area contributed by atoms with Crippen LogP contribution in [0.1, 0.15) is 13.8 Å². The summed E-state index contributed by atoms with van der Waals surface area (Å²) in [5.41, 5.74) is -0.320. The van der Waals surface area contributed by atoms with Gasteiger partial charge in [0.15, 0.2) is 0 Å². The summed E-state index contributed by atoms with van der Waals surface area (Å²) in [5, 5.41) is 0.245. The number of nitrogens with zero attached hydrogens (tertiary/aromatic N) is 3. The summed E-state index contributed by atoms with van der Waals surface area (Å²) in [7, 11) is 1.69. The molecule has 0 aromatic carbocycles. The zero-order valence-corrected chi connectivity index (χ0v) is 9.38. The number of aromatic nitrogens is 2. The molecule has 4 nitrogen and oxygen atoms in total. The highest BCUT2D eigenvalue weighted by Crippen LogP contribution is 2.14. The molecule has 1 aromatic rings. The molecule has 0 unspecified atom stereocenters. The van der Waals surface area contributed by atoms with Crippen molar-refractivity contribution in [1.29, 1.82) is 0 Å². The Balaban J connectivity index is 3.25.